The second-order valence-corrected chi connectivity index (χ2v) is 7.11. The van der Waals surface area contributed by atoms with Crippen LogP contribution >= 0.6 is 0 Å². The molecule has 0 atom stereocenters. The molecule has 0 radical (unpaired) electrons. The van der Waals surface area contributed by atoms with Crippen LogP contribution in [0.5, 0.6) is 23.0 Å². The van der Waals surface area contributed by atoms with Gasteiger partial charge in [0.1, 0.15) is 29.6 Å². The Morgan fingerprint density at radius 3 is 2.45 bits per heavy atom. The number of ketones is 1. The molecular formula is C26H24O5. The van der Waals surface area contributed by atoms with Crippen molar-refractivity contribution in [3.63, 3.8) is 0 Å². The maximum absolute atomic E-state index is 12.9. The smallest absolute Gasteiger partial charge is 0.231 e. The van der Waals surface area contributed by atoms with Crippen LogP contribution < -0.4 is 18.9 Å². The molecule has 4 rings (SSSR count). The van der Waals surface area contributed by atoms with Crippen molar-refractivity contribution in [3.05, 3.63) is 88.7 Å². The fourth-order valence-electron chi connectivity index (χ4n) is 3.44. The lowest BCUT2D eigenvalue weighted by molar-refractivity contribution is 0.101. The van der Waals surface area contributed by atoms with Gasteiger partial charge in [-0.25, -0.2) is 0 Å². The van der Waals surface area contributed by atoms with E-state index in [2.05, 4.69) is 0 Å². The van der Waals surface area contributed by atoms with E-state index in [0.29, 0.717) is 36.0 Å². The van der Waals surface area contributed by atoms with Crippen LogP contribution in [0.3, 0.4) is 0 Å². The van der Waals surface area contributed by atoms with Gasteiger partial charge in [0.25, 0.3) is 0 Å². The molecule has 0 amide bonds. The predicted octanol–water partition coefficient (Wildman–Crippen LogP) is 5.60. The number of rotatable bonds is 7. The molecule has 158 valence electrons. The molecule has 3 aromatic carbocycles. The fourth-order valence-corrected chi connectivity index (χ4v) is 3.44. The molecule has 5 nitrogen and oxygen atoms in total. The van der Waals surface area contributed by atoms with Crippen molar-refractivity contribution < 1.29 is 23.7 Å². The Morgan fingerprint density at radius 2 is 1.71 bits per heavy atom. The zero-order chi connectivity index (χ0) is 21.8. The summed E-state index contributed by atoms with van der Waals surface area (Å²) in [4.78, 5) is 12.9. The van der Waals surface area contributed by atoms with Gasteiger partial charge in [-0.3, -0.25) is 4.79 Å². The zero-order valence-corrected chi connectivity index (χ0v) is 17.8. The third-order valence-electron chi connectivity index (χ3n) is 5.10. The summed E-state index contributed by atoms with van der Waals surface area (Å²) in [6.45, 7) is 4.77. The van der Waals surface area contributed by atoms with E-state index in [1.54, 1.807) is 19.3 Å². The number of fused-ring (bicyclic) bond motifs is 1. The average molecular weight is 416 g/mol. The quantitative estimate of drug-likeness (QED) is 0.470. The van der Waals surface area contributed by atoms with Crippen LogP contribution in [0.25, 0.3) is 6.08 Å². The van der Waals surface area contributed by atoms with Crippen LogP contribution in [0.2, 0.25) is 0 Å². The lowest BCUT2D eigenvalue weighted by Crippen LogP contribution is -1.99. The highest BCUT2D eigenvalue weighted by molar-refractivity contribution is 6.15. The Labute approximate surface area is 181 Å². The zero-order valence-electron chi connectivity index (χ0n) is 17.8. The summed E-state index contributed by atoms with van der Waals surface area (Å²) in [5, 5.41) is 0. The predicted molar refractivity (Wildman–Crippen MR) is 119 cm³/mol. The molecule has 1 aliphatic heterocycles. The molecule has 0 aromatic heterocycles. The summed E-state index contributed by atoms with van der Waals surface area (Å²) < 4.78 is 22.8. The Bertz CT molecular complexity index is 1130. The highest BCUT2D eigenvalue weighted by atomic mass is 16.5. The van der Waals surface area contributed by atoms with Crippen molar-refractivity contribution in [2.24, 2.45) is 0 Å². The first-order valence-corrected chi connectivity index (χ1v) is 10.2. The minimum absolute atomic E-state index is 0.147. The Balaban J connectivity index is 1.55. The summed E-state index contributed by atoms with van der Waals surface area (Å²) >= 11 is 0. The first-order chi connectivity index (χ1) is 15.1. The van der Waals surface area contributed by atoms with Gasteiger partial charge < -0.3 is 18.9 Å². The maximum atomic E-state index is 12.9. The molecule has 0 spiro atoms. The molecule has 31 heavy (non-hydrogen) atoms. The number of ether oxygens (including phenoxy) is 4. The summed E-state index contributed by atoms with van der Waals surface area (Å²) in [6.07, 6.45) is 1.73. The number of carbonyl (C=O) groups excluding carboxylic acids is 1. The first kappa shape index (κ1) is 20.5. The average Bonchev–Trinajstić information content (AvgIpc) is 3.11. The normalized spacial score (nSPS) is 13.6. The van der Waals surface area contributed by atoms with Gasteiger partial charge in [-0.05, 0) is 55.8 Å². The molecular weight excluding hydrogens is 392 g/mol. The van der Waals surface area contributed by atoms with Crippen LogP contribution in [0.15, 0.2) is 66.4 Å². The molecule has 0 saturated heterocycles. The first-order valence-electron chi connectivity index (χ1n) is 10.2. The van der Waals surface area contributed by atoms with Crippen molar-refractivity contribution in [2.45, 2.75) is 20.5 Å². The van der Waals surface area contributed by atoms with Gasteiger partial charge in [-0.2, -0.15) is 0 Å². The molecule has 1 aliphatic rings. The lowest BCUT2D eigenvalue weighted by Gasteiger charge is -2.12. The molecule has 0 unspecified atom stereocenters. The molecule has 0 fully saturated rings. The number of methoxy groups -OCH3 is 1. The largest absolute Gasteiger partial charge is 0.497 e. The van der Waals surface area contributed by atoms with Crippen LogP contribution in [0.1, 0.15) is 34.0 Å². The SMILES string of the molecule is CCOc1ccccc1/C=C1\Oc2c(ccc(OCc3ccc(OC)cc3)c2C)C1=O. The highest BCUT2D eigenvalue weighted by Gasteiger charge is 2.30. The fraction of sp³-hybridized carbons (Fsp3) is 0.192. The molecule has 0 N–H and O–H groups in total. The molecule has 5 heteroatoms. The van der Waals surface area contributed by atoms with Crippen LogP contribution in [0, 0.1) is 6.92 Å². The molecule has 0 saturated carbocycles. The Morgan fingerprint density at radius 1 is 0.935 bits per heavy atom. The van der Waals surface area contributed by atoms with Gasteiger partial charge in [0.05, 0.1) is 19.3 Å². The van der Waals surface area contributed by atoms with Gasteiger partial charge in [-0.15, -0.1) is 0 Å². The third kappa shape index (κ3) is 4.26. The van der Waals surface area contributed by atoms with E-state index in [4.69, 9.17) is 18.9 Å². The van der Waals surface area contributed by atoms with E-state index in [1.165, 1.54) is 0 Å². The number of Topliss-reactive ketones (excluding diaryl/α,β-unsaturated/α-hetero) is 1. The third-order valence-corrected chi connectivity index (χ3v) is 5.10. The van der Waals surface area contributed by atoms with E-state index < -0.39 is 0 Å². The summed E-state index contributed by atoms with van der Waals surface area (Å²) in [7, 11) is 1.64. The van der Waals surface area contributed by atoms with Gasteiger partial charge in [0.15, 0.2) is 5.76 Å². The van der Waals surface area contributed by atoms with Gasteiger partial charge in [-0.1, -0.05) is 30.3 Å². The summed E-state index contributed by atoms with van der Waals surface area (Å²) in [5.41, 5.74) is 3.15. The molecule has 0 bridgehead atoms. The number of hydrogen-bond acceptors (Lipinski definition) is 5. The molecule has 3 aromatic rings. The second-order valence-electron chi connectivity index (χ2n) is 7.11. The van der Waals surface area contributed by atoms with Gasteiger partial charge in [0.2, 0.25) is 5.78 Å². The maximum Gasteiger partial charge on any atom is 0.231 e. The van der Waals surface area contributed by atoms with Gasteiger partial charge >= 0.3 is 0 Å². The van der Waals surface area contributed by atoms with Crippen molar-refractivity contribution in [1.82, 2.24) is 0 Å². The van der Waals surface area contributed by atoms with E-state index in [1.807, 2.05) is 68.4 Å². The van der Waals surface area contributed by atoms with Gasteiger partial charge in [0, 0.05) is 11.1 Å². The highest BCUT2D eigenvalue weighted by Crippen LogP contribution is 2.40. The second kappa shape index (κ2) is 8.96. The summed E-state index contributed by atoms with van der Waals surface area (Å²) in [6, 6.07) is 18.8. The number of para-hydroxylation sites is 1. The minimum atomic E-state index is -0.147. The molecule has 0 aliphatic carbocycles. The summed E-state index contributed by atoms with van der Waals surface area (Å²) in [5.74, 6) is 2.86. The topological polar surface area (TPSA) is 54.0 Å². The lowest BCUT2D eigenvalue weighted by atomic mass is 10.1. The van der Waals surface area contributed by atoms with E-state index in [-0.39, 0.29) is 11.5 Å². The van der Waals surface area contributed by atoms with Crippen molar-refractivity contribution in [1.29, 1.82) is 0 Å². The van der Waals surface area contributed by atoms with E-state index in [0.717, 1.165) is 22.4 Å². The minimum Gasteiger partial charge on any atom is -0.497 e. The van der Waals surface area contributed by atoms with Crippen molar-refractivity contribution in [2.75, 3.05) is 13.7 Å². The van der Waals surface area contributed by atoms with Crippen molar-refractivity contribution in [3.8, 4) is 23.0 Å². The van der Waals surface area contributed by atoms with Crippen molar-refractivity contribution >= 4 is 11.9 Å². The van der Waals surface area contributed by atoms with E-state index in [9.17, 15) is 4.79 Å². The van der Waals surface area contributed by atoms with Crippen LogP contribution in [0.4, 0.5) is 0 Å². The Hall–Kier alpha value is -3.73. The molecule has 1 heterocycles. The van der Waals surface area contributed by atoms with Crippen LogP contribution in [-0.4, -0.2) is 19.5 Å². The Kier molecular flexibility index (Phi) is 5.94. The number of carbonyl (C=O) groups is 1. The number of hydrogen-bond donors (Lipinski definition) is 0. The number of benzene rings is 3. The number of allylic oxidation sites excluding steroid dienone is 1. The van der Waals surface area contributed by atoms with Crippen LogP contribution in [-0.2, 0) is 6.61 Å². The van der Waals surface area contributed by atoms with E-state index >= 15 is 0 Å². The monoisotopic (exact) mass is 416 g/mol. The standard InChI is InChI=1S/C26H24O5/c1-4-29-23-8-6-5-7-19(23)15-24-25(27)21-13-14-22(17(2)26(21)31-24)30-16-18-9-11-20(28-3)12-10-18/h5-15H,4,16H2,1-3H3/b24-15-.